The summed E-state index contributed by atoms with van der Waals surface area (Å²) in [7, 11) is 0. The third-order valence-electron chi connectivity index (χ3n) is 2.60. The van der Waals surface area contributed by atoms with Gasteiger partial charge < -0.3 is 4.74 Å². The Labute approximate surface area is 147 Å². The van der Waals surface area contributed by atoms with Crippen molar-refractivity contribution in [2.24, 2.45) is 0 Å². The number of benzene rings is 2. The number of carbonyl (C=O) groups excluding carboxylic acids is 1. The molecule has 20 heavy (non-hydrogen) atoms. The molecule has 2 aromatic rings. The van der Waals surface area contributed by atoms with Crippen molar-refractivity contribution in [3.63, 3.8) is 0 Å². The van der Waals surface area contributed by atoms with E-state index in [0.717, 1.165) is 17.4 Å². The molecule has 0 unspecified atom stereocenters. The number of hydrogen-bond acceptors (Lipinski definition) is 2. The van der Waals surface area contributed by atoms with Crippen molar-refractivity contribution in [1.82, 2.24) is 0 Å². The van der Waals surface area contributed by atoms with Crippen LogP contribution in [0.25, 0.3) is 0 Å². The van der Waals surface area contributed by atoms with Crippen LogP contribution < -0.4 is 4.74 Å². The van der Waals surface area contributed by atoms with Gasteiger partial charge in [0.2, 0.25) is 0 Å². The maximum atomic E-state index is 10.9. The van der Waals surface area contributed by atoms with Crippen molar-refractivity contribution in [2.45, 2.75) is 13.5 Å². The summed E-state index contributed by atoms with van der Waals surface area (Å²) in [6, 6.07) is 15.5. The molecule has 0 aliphatic carbocycles. The van der Waals surface area contributed by atoms with Crippen LogP contribution in [0.5, 0.6) is 5.75 Å². The quantitative estimate of drug-likeness (QED) is 0.332. The molecule has 0 spiro atoms. The molecule has 0 saturated carbocycles. The van der Waals surface area contributed by atoms with Gasteiger partial charge in [0, 0.05) is 0 Å². The smallest absolute Gasteiger partial charge is 0.153 e. The van der Waals surface area contributed by atoms with Gasteiger partial charge in [-0.25, -0.2) is 0 Å². The lowest BCUT2D eigenvalue weighted by molar-refractivity contribution is 0.111. The molecule has 0 aliphatic rings. The highest BCUT2D eigenvalue weighted by Crippen LogP contribution is 2.22. The van der Waals surface area contributed by atoms with E-state index in [4.69, 9.17) is 4.74 Å². The molecule has 0 bridgehead atoms. The van der Waals surface area contributed by atoms with Crippen molar-refractivity contribution in [3.05, 3.63) is 65.2 Å². The normalized spacial score (nSPS) is 9.35. The summed E-state index contributed by atoms with van der Waals surface area (Å²) >= 11 is 4.55. The van der Waals surface area contributed by atoms with Crippen molar-refractivity contribution in [3.8, 4) is 5.75 Å². The first-order chi connectivity index (χ1) is 9.72. The van der Waals surface area contributed by atoms with Gasteiger partial charge in [-0.05, 0) is 24.1 Å². The Morgan fingerprint density at radius 2 is 1.70 bits per heavy atom. The van der Waals surface area contributed by atoms with Gasteiger partial charge in [-0.15, -0.1) is 0 Å². The monoisotopic (exact) mass is 494 g/mol. The molecule has 0 heterocycles. The van der Waals surface area contributed by atoms with Crippen LogP contribution >= 0.6 is 45.2 Å². The second-order valence-corrected chi connectivity index (χ2v) is 8.43. The van der Waals surface area contributed by atoms with Crippen molar-refractivity contribution in [1.29, 1.82) is 0 Å². The zero-order chi connectivity index (χ0) is 14.8. The summed E-state index contributed by atoms with van der Waals surface area (Å²) in [5.74, 6) is 0.673. The Hall–Kier alpha value is -0.630. The van der Waals surface area contributed by atoms with E-state index in [1.165, 1.54) is 2.43 Å². The van der Waals surface area contributed by atoms with E-state index in [9.17, 15) is 4.79 Å². The lowest BCUT2D eigenvalue weighted by Crippen LogP contribution is -1.99. The first-order valence-electron chi connectivity index (χ1n) is 6.06. The molecule has 0 atom stereocenters. The van der Waals surface area contributed by atoms with Crippen LogP contribution in [-0.4, -0.2) is 8.72 Å². The van der Waals surface area contributed by atoms with Gasteiger partial charge in [0.15, 0.2) is 6.29 Å². The van der Waals surface area contributed by atoms with Crippen LogP contribution in [0.15, 0.2) is 48.5 Å². The molecule has 0 fully saturated rings. The molecular formula is C16H16I2O2. The molecule has 0 N–H and O–H groups in total. The summed E-state index contributed by atoms with van der Waals surface area (Å²) in [6.45, 7) is 2.42. The van der Waals surface area contributed by atoms with E-state index < -0.39 is 0 Å². The number of rotatable bonds is 4. The Kier molecular flexibility index (Phi) is 8.84. The van der Waals surface area contributed by atoms with E-state index in [-0.39, 0.29) is 0 Å². The fraction of sp³-hybridized carbons (Fsp3) is 0.188. The molecule has 106 valence electrons. The number of carbonyl (C=O) groups is 1. The van der Waals surface area contributed by atoms with E-state index in [2.05, 4.69) is 45.2 Å². The number of para-hydroxylation sites is 1. The van der Waals surface area contributed by atoms with Gasteiger partial charge >= 0.3 is 0 Å². The fourth-order valence-electron chi connectivity index (χ4n) is 1.69. The van der Waals surface area contributed by atoms with E-state index >= 15 is 0 Å². The first kappa shape index (κ1) is 17.4. The molecule has 2 rings (SSSR count). The van der Waals surface area contributed by atoms with Gasteiger partial charge in [-0.2, -0.15) is 0 Å². The zero-order valence-electron chi connectivity index (χ0n) is 11.2. The minimum atomic E-state index is 0.479. The summed E-state index contributed by atoms with van der Waals surface area (Å²) in [5, 5.41) is 0. The highest BCUT2D eigenvalue weighted by molar-refractivity contribution is 14.2. The van der Waals surface area contributed by atoms with Gasteiger partial charge in [-0.3, -0.25) is 4.79 Å². The molecule has 4 heteroatoms. The second kappa shape index (κ2) is 10.1. The SMILES string of the molecule is Cc1cccc(C=O)c1OCc1ccccc1.ICI. The third kappa shape index (κ3) is 5.78. The first-order valence-corrected chi connectivity index (χ1v) is 9.11. The number of aryl methyl sites for hydroxylation is 1. The minimum Gasteiger partial charge on any atom is -0.488 e. The number of alkyl halides is 2. The maximum Gasteiger partial charge on any atom is 0.153 e. The lowest BCUT2D eigenvalue weighted by atomic mass is 10.1. The highest BCUT2D eigenvalue weighted by atomic mass is 127. The number of hydrogen-bond donors (Lipinski definition) is 0. The predicted octanol–water partition coefficient (Wildman–Crippen LogP) is 5.20. The highest BCUT2D eigenvalue weighted by Gasteiger charge is 2.05. The van der Waals surface area contributed by atoms with E-state index in [1.54, 1.807) is 6.07 Å². The van der Waals surface area contributed by atoms with Crippen LogP contribution in [0.4, 0.5) is 0 Å². The maximum absolute atomic E-state index is 10.9. The average molecular weight is 494 g/mol. The molecule has 0 saturated heterocycles. The van der Waals surface area contributed by atoms with Gasteiger partial charge in [0.05, 0.1) is 8.00 Å². The zero-order valence-corrected chi connectivity index (χ0v) is 15.5. The van der Waals surface area contributed by atoms with Crippen LogP contribution in [0.1, 0.15) is 21.5 Å². The van der Waals surface area contributed by atoms with Crippen molar-refractivity contribution >= 4 is 51.5 Å². The minimum absolute atomic E-state index is 0.479. The summed E-state index contributed by atoms with van der Waals surface area (Å²) in [4.78, 5) is 10.9. The largest absolute Gasteiger partial charge is 0.488 e. The van der Waals surface area contributed by atoms with Crippen LogP contribution in [0.2, 0.25) is 0 Å². The summed E-state index contributed by atoms with van der Waals surface area (Å²) in [6.07, 6.45) is 0.827. The Balaban J connectivity index is 0.000000612. The molecule has 2 aromatic carbocycles. The predicted molar refractivity (Wildman–Crippen MR) is 100 cm³/mol. The third-order valence-corrected chi connectivity index (χ3v) is 2.60. The number of ether oxygens (including phenoxy) is 1. The average Bonchev–Trinajstić information content (AvgIpc) is 2.47. The van der Waals surface area contributed by atoms with Gasteiger partial charge in [-0.1, -0.05) is 87.6 Å². The molecule has 0 amide bonds. The Bertz CT molecular complexity index is 527. The topological polar surface area (TPSA) is 26.3 Å². The van der Waals surface area contributed by atoms with E-state index in [0.29, 0.717) is 17.9 Å². The van der Waals surface area contributed by atoms with Crippen LogP contribution in [0.3, 0.4) is 0 Å². The van der Waals surface area contributed by atoms with Gasteiger partial charge in [0.25, 0.3) is 0 Å². The molecule has 0 aromatic heterocycles. The molecule has 2 nitrogen and oxygen atoms in total. The lowest BCUT2D eigenvalue weighted by Gasteiger charge is -2.11. The second-order valence-electron chi connectivity index (χ2n) is 3.99. The number of halogens is 2. The standard InChI is InChI=1S/C15H14O2.CH2I2/c1-12-6-5-9-14(10-16)15(12)17-11-13-7-3-2-4-8-13;2-1-3/h2-10H,11H2,1H3;1H2. The van der Waals surface area contributed by atoms with Crippen LogP contribution in [-0.2, 0) is 6.61 Å². The number of aldehydes is 1. The summed E-state index contributed by atoms with van der Waals surface area (Å²) < 4.78 is 6.90. The Morgan fingerprint density at radius 1 is 1.05 bits per heavy atom. The van der Waals surface area contributed by atoms with Crippen molar-refractivity contribution < 1.29 is 9.53 Å². The summed E-state index contributed by atoms with van der Waals surface area (Å²) in [5.41, 5.74) is 2.67. The molecule has 0 radical (unpaired) electrons. The fourth-order valence-corrected chi connectivity index (χ4v) is 1.69. The van der Waals surface area contributed by atoms with Gasteiger partial charge in [0.1, 0.15) is 12.4 Å². The molecular weight excluding hydrogens is 478 g/mol. The van der Waals surface area contributed by atoms with E-state index in [1.807, 2.05) is 49.4 Å². The molecule has 0 aliphatic heterocycles. The van der Waals surface area contributed by atoms with Crippen LogP contribution in [0, 0.1) is 6.92 Å². The van der Waals surface area contributed by atoms with Crippen molar-refractivity contribution in [2.75, 3.05) is 2.43 Å². The Morgan fingerprint density at radius 3 is 2.30 bits per heavy atom.